The van der Waals surface area contributed by atoms with Gasteiger partial charge in [0.25, 0.3) is 0 Å². The third-order valence-corrected chi connectivity index (χ3v) is 5.63. The van der Waals surface area contributed by atoms with Crippen LogP contribution in [0, 0.1) is 17.8 Å². The Balaban J connectivity index is 1.60. The first kappa shape index (κ1) is 15.8. The molecule has 0 bridgehead atoms. The molecule has 1 aliphatic heterocycles. The molecule has 0 aromatic rings. The highest BCUT2D eigenvalue weighted by molar-refractivity contribution is 5.85. The first-order valence-corrected chi connectivity index (χ1v) is 8.77. The lowest BCUT2D eigenvalue weighted by molar-refractivity contribution is -0.148. The maximum absolute atomic E-state index is 12.8. The van der Waals surface area contributed by atoms with E-state index in [1.165, 1.54) is 32.1 Å². The molecule has 2 saturated carbocycles. The number of carbonyl (C=O) groups is 2. The lowest BCUT2D eigenvalue weighted by Gasteiger charge is -2.33. The Bertz CT molecular complexity index is 413. The van der Waals surface area contributed by atoms with Crippen LogP contribution in [0.5, 0.6) is 0 Å². The van der Waals surface area contributed by atoms with Crippen molar-refractivity contribution in [2.45, 2.75) is 57.4 Å². The van der Waals surface area contributed by atoms with Gasteiger partial charge in [0.2, 0.25) is 5.91 Å². The standard InChI is InChI=1S/C17H27NO4/c19-16(20)11-18(13-6-8-22-9-7-13)17(21)15-10-14(15)12-4-2-1-3-5-12/h12-15H,1-11H2,(H,19,20)/t14-,15+/m0/s1. The number of carboxylic acids is 1. The number of carbonyl (C=O) groups excluding carboxylic acids is 1. The van der Waals surface area contributed by atoms with Crippen molar-refractivity contribution in [2.75, 3.05) is 19.8 Å². The van der Waals surface area contributed by atoms with Gasteiger partial charge in [-0.3, -0.25) is 9.59 Å². The summed E-state index contributed by atoms with van der Waals surface area (Å²) in [6, 6.07) is 0.0463. The van der Waals surface area contributed by atoms with Crippen LogP contribution in [0.1, 0.15) is 51.4 Å². The van der Waals surface area contributed by atoms with E-state index >= 15 is 0 Å². The Kier molecular flexibility index (Phi) is 5.01. The molecule has 1 heterocycles. The van der Waals surface area contributed by atoms with Crippen LogP contribution in [0.4, 0.5) is 0 Å². The number of nitrogens with zero attached hydrogens (tertiary/aromatic N) is 1. The van der Waals surface area contributed by atoms with E-state index in [1.807, 2.05) is 0 Å². The number of amides is 1. The number of rotatable bonds is 5. The summed E-state index contributed by atoms with van der Waals surface area (Å²) in [5, 5.41) is 9.16. The summed E-state index contributed by atoms with van der Waals surface area (Å²) >= 11 is 0. The molecule has 5 heteroatoms. The molecule has 124 valence electrons. The minimum atomic E-state index is -0.908. The monoisotopic (exact) mass is 309 g/mol. The molecule has 1 saturated heterocycles. The Labute approximate surface area is 132 Å². The molecule has 1 amide bonds. The highest BCUT2D eigenvalue weighted by atomic mass is 16.5. The average molecular weight is 309 g/mol. The van der Waals surface area contributed by atoms with Gasteiger partial charge in [-0.05, 0) is 31.1 Å². The van der Waals surface area contributed by atoms with Crippen molar-refractivity contribution in [2.24, 2.45) is 17.8 Å². The van der Waals surface area contributed by atoms with Gasteiger partial charge in [-0.1, -0.05) is 32.1 Å². The van der Waals surface area contributed by atoms with Crippen molar-refractivity contribution >= 4 is 11.9 Å². The molecule has 3 aliphatic rings. The largest absolute Gasteiger partial charge is 0.480 e. The second kappa shape index (κ2) is 6.99. The van der Waals surface area contributed by atoms with Crippen LogP contribution in [-0.2, 0) is 14.3 Å². The fourth-order valence-electron chi connectivity index (χ4n) is 4.32. The van der Waals surface area contributed by atoms with Crippen LogP contribution in [0.2, 0.25) is 0 Å². The third kappa shape index (κ3) is 3.62. The molecular weight excluding hydrogens is 282 g/mol. The summed E-state index contributed by atoms with van der Waals surface area (Å²) in [5.41, 5.74) is 0. The first-order valence-electron chi connectivity index (χ1n) is 8.77. The SMILES string of the molecule is O=C(O)CN(C(=O)[C@@H]1C[C@H]1C1CCCCC1)C1CCOCC1. The van der Waals surface area contributed by atoms with Crippen molar-refractivity contribution < 1.29 is 19.4 Å². The predicted molar refractivity (Wildman–Crippen MR) is 81.4 cm³/mol. The van der Waals surface area contributed by atoms with Crippen LogP contribution in [-0.4, -0.2) is 47.7 Å². The van der Waals surface area contributed by atoms with Crippen molar-refractivity contribution in [3.05, 3.63) is 0 Å². The molecule has 0 spiro atoms. The van der Waals surface area contributed by atoms with Crippen LogP contribution in [0.25, 0.3) is 0 Å². The Morgan fingerprint density at radius 1 is 1.05 bits per heavy atom. The van der Waals surface area contributed by atoms with E-state index in [0.717, 1.165) is 19.3 Å². The summed E-state index contributed by atoms with van der Waals surface area (Å²) < 4.78 is 5.34. The molecule has 22 heavy (non-hydrogen) atoms. The zero-order valence-electron chi connectivity index (χ0n) is 13.2. The lowest BCUT2D eigenvalue weighted by Crippen LogP contribution is -2.47. The third-order valence-electron chi connectivity index (χ3n) is 5.63. The molecule has 0 aromatic heterocycles. The minimum absolute atomic E-state index is 0.0463. The van der Waals surface area contributed by atoms with Gasteiger partial charge in [0, 0.05) is 25.2 Å². The summed E-state index contributed by atoms with van der Waals surface area (Å²) in [6.07, 6.45) is 8.93. The second-order valence-corrected chi connectivity index (χ2v) is 7.11. The quantitative estimate of drug-likeness (QED) is 0.846. The summed E-state index contributed by atoms with van der Waals surface area (Å²) in [5.74, 6) is 0.484. The van der Waals surface area contributed by atoms with Gasteiger partial charge in [-0.2, -0.15) is 0 Å². The Morgan fingerprint density at radius 2 is 1.73 bits per heavy atom. The van der Waals surface area contributed by atoms with Gasteiger partial charge in [-0.25, -0.2) is 0 Å². The maximum atomic E-state index is 12.8. The molecule has 0 aromatic carbocycles. The van der Waals surface area contributed by atoms with E-state index in [9.17, 15) is 9.59 Å². The lowest BCUT2D eigenvalue weighted by atomic mass is 9.85. The van der Waals surface area contributed by atoms with E-state index in [4.69, 9.17) is 9.84 Å². The van der Waals surface area contributed by atoms with E-state index in [1.54, 1.807) is 4.90 Å². The number of hydrogen-bond donors (Lipinski definition) is 1. The van der Waals surface area contributed by atoms with Gasteiger partial charge in [0.05, 0.1) is 0 Å². The zero-order chi connectivity index (χ0) is 15.5. The number of aliphatic carboxylic acids is 1. The molecule has 0 unspecified atom stereocenters. The van der Waals surface area contributed by atoms with Gasteiger partial charge in [0.15, 0.2) is 0 Å². The van der Waals surface area contributed by atoms with Gasteiger partial charge < -0.3 is 14.7 Å². The summed E-state index contributed by atoms with van der Waals surface area (Å²) in [7, 11) is 0. The van der Waals surface area contributed by atoms with Gasteiger partial charge in [0.1, 0.15) is 6.54 Å². The zero-order valence-corrected chi connectivity index (χ0v) is 13.2. The average Bonchev–Trinajstić information content (AvgIpc) is 3.34. The molecule has 3 fully saturated rings. The van der Waals surface area contributed by atoms with Crippen molar-refractivity contribution in [1.29, 1.82) is 0 Å². The van der Waals surface area contributed by atoms with Gasteiger partial charge >= 0.3 is 5.97 Å². The number of carboxylic acid groups (broad SMARTS) is 1. The highest BCUT2D eigenvalue weighted by Crippen LogP contribution is 2.50. The van der Waals surface area contributed by atoms with Crippen LogP contribution in [0.3, 0.4) is 0 Å². The van der Waals surface area contributed by atoms with E-state index in [0.29, 0.717) is 25.0 Å². The van der Waals surface area contributed by atoms with Crippen molar-refractivity contribution in [3.8, 4) is 0 Å². The van der Waals surface area contributed by atoms with Crippen molar-refractivity contribution in [1.82, 2.24) is 4.90 Å². The van der Waals surface area contributed by atoms with Crippen LogP contribution in [0.15, 0.2) is 0 Å². The van der Waals surface area contributed by atoms with Crippen LogP contribution < -0.4 is 0 Å². The fourth-order valence-corrected chi connectivity index (χ4v) is 4.32. The molecule has 5 nitrogen and oxygen atoms in total. The topological polar surface area (TPSA) is 66.8 Å². The first-order chi connectivity index (χ1) is 10.7. The Morgan fingerprint density at radius 3 is 2.36 bits per heavy atom. The molecule has 2 atom stereocenters. The number of ether oxygens (including phenoxy) is 1. The molecule has 0 radical (unpaired) electrons. The molecule has 3 rings (SSSR count). The highest BCUT2D eigenvalue weighted by Gasteiger charge is 2.49. The minimum Gasteiger partial charge on any atom is -0.480 e. The van der Waals surface area contributed by atoms with E-state index in [2.05, 4.69) is 0 Å². The normalized spacial score (nSPS) is 30.0. The van der Waals surface area contributed by atoms with E-state index < -0.39 is 5.97 Å². The van der Waals surface area contributed by atoms with Crippen molar-refractivity contribution in [3.63, 3.8) is 0 Å². The maximum Gasteiger partial charge on any atom is 0.323 e. The predicted octanol–water partition coefficient (Wildman–Crippen LogP) is 2.29. The summed E-state index contributed by atoms with van der Waals surface area (Å²) in [4.78, 5) is 25.6. The van der Waals surface area contributed by atoms with Gasteiger partial charge in [-0.15, -0.1) is 0 Å². The fraction of sp³-hybridized carbons (Fsp3) is 0.882. The molecule has 2 aliphatic carbocycles. The Hall–Kier alpha value is -1.10. The molecule has 1 N–H and O–H groups in total. The second-order valence-electron chi connectivity index (χ2n) is 7.11. The smallest absolute Gasteiger partial charge is 0.323 e. The number of hydrogen-bond acceptors (Lipinski definition) is 3. The van der Waals surface area contributed by atoms with E-state index in [-0.39, 0.29) is 24.4 Å². The molecular formula is C17H27NO4. The summed E-state index contributed by atoms with van der Waals surface area (Å²) in [6.45, 7) is 1.10. The van der Waals surface area contributed by atoms with Crippen LogP contribution >= 0.6 is 0 Å².